The first kappa shape index (κ1) is 28.5. The van der Waals surface area contributed by atoms with Crippen LogP contribution in [-0.4, -0.2) is 30.3 Å². The number of aromatic nitrogens is 2. The summed E-state index contributed by atoms with van der Waals surface area (Å²) < 4.78 is 0. The first-order valence-electron chi connectivity index (χ1n) is 9.66. The molecule has 0 aliphatic carbocycles. The number of rotatable bonds is 2. The number of pyridine rings is 2. The van der Waals surface area contributed by atoms with Crippen LogP contribution < -0.4 is 0 Å². The summed E-state index contributed by atoms with van der Waals surface area (Å²) in [6.45, 7) is 6.00. The van der Waals surface area contributed by atoms with Gasteiger partial charge < -0.3 is 14.4 Å². The average molecular weight is 643 g/mol. The zero-order valence-corrected chi connectivity index (χ0v) is 21.6. The molecule has 5 rings (SSSR count). The molecule has 3 aromatic carbocycles. The van der Waals surface area contributed by atoms with Gasteiger partial charge in [0.2, 0.25) is 0 Å². The van der Waals surface area contributed by atoms with E-state index in [0.29, 0.717) is 5.15 Å². The minimum atomic E-state index is 0. The molecular weight excluding hydrogens is 622 g/mol. The van der Waals surface area contributed by atoms with Gasteiger partial charge in [0.05, 0.1) is 11.0 Å². The molecule has 0 aliphatic heterocycles. The summed E-state index contributed by atoms with van der Waals surface area (Å²) in [5.74, 6) is 0. The molecular formula is C27H21ClN2O3Re. The Hall–Kier alpha value is -3.56. The molecule has 171 valence electrons. The fraction of sp³-hybridized carbons (Fsp3) is 0. The Morgan fingerprint density at radius 1 is 0.588 bits per heavy atom. The average Bonchev–Trinajstić information content (AvgIpc) is 2.92. The number of benzene rings is 3. The molecule has 2 heterocycles. The zero-order valence-electron chi connectivity index (χ0n) is 18.2. The third-order valence-corrected chi connectivity index (χ3v) is 5.07. The van der Waals surface area contributed by atoms with Gasteiger partial charge in [-0.25, -0.2) is 4.98 Å². The summed E-state index contributed by atoms with van der Waals surface area (Å²) in [5.41, 5.74) is 5.94. The predicted octanol–water partition coefficient (Wildman–Crippen LogP) is 6.21. The molecule has 0 saturated carbocycles. The minimum Gasteiger partial charge on any atom is -0.307 e. The molecule has 0 amide bonds. The standard InChI is InChI=1S/C24H15ClN2.3CH2O.Re/c25-24-21(17-9-5-2-6-10-17)14-19-12-11-18-13-20(16-7-3-1-4-8-16)15-26-22(18)23(19)27-24;3*1-2;/h1-15H;3*1H2;. The second-order valence-electron chi connectivity index (χ2n) is 6.49. The van der Waals surface area contributed by atoms with Crippen LogP contribution in [0.15, 0.2) is 91.1 Å². The van der Waals surface area contributed by atoms with Crippen LogP contribution in [0.2, 0.25) is 5.15 Å². The van der Waals surface area contributed by atoms with E-state index < -0.39 is 0 Å². The van der Waals surface area contributed by atoms with Gasteiger partial charge in [-0.15, -0.1) is 0 Å². The second-order valence-corrected chi connectivity index (χ2v) is 6.85. The molecule has 0 saturated heterocycles. The summed E-state index contributed by atoms with van der Waals surface area (Å²) >= 11 is 6.53. The van der Waals surface area contributed by atoms with E-state index in [9.17, 15) is 0 Å². The summed E-state index contributed by atoms with van der Waals surface area (Å²) in [6.07, 6.45) is 1.90. The summed E-state index contributed by atoms with van der Waals surface area (Å²) in [6, 6.07) is 28.8. The van der Waals surface area contributed by atoms with Gasteiger partial charge in [0.15, 0.2) is 0 Å². The molecule has 0 N–H and O–H groups in total. The summed E-state index contributed by atoms with van der Waals surface area (Å²) in [7, 11) is 0. The second kappa shape index (κ2) is 14.6. The van der Waals surface area contributed by atoms with Crippen LogP contribution in [0.4, 0.5) is 0 Å². The van der Waals surface area contributed by atoms with Crippen molar-refractivity contribution in [1.29, 1.82) is 0 Å². The molecule has 5 nitrogen and oxygen atoms in total. The van der Waals surface area contributed by atoms with Crippen LogP contribution in [0.25, 0.3) is 44.1 Å². The van der Waals surface area contributed by atoms with Crippen LogP contribution in [0.1, 0.15) is 0 Å². The maximum Gasteiger partial charge on any atom is 0.137 e. The number of nitrogens with zero attached hydrogens (tertiary/aromatic N) is 2. The number of hydrogen-bond acceptors (Lipinski definition) is 5. The van der Waals surface area contributed by atoms with Gasteiger partial charge in [-0.2, -0.15) is 0 Å². The van der Waals surface area contributed by atoms with Crippen molar-refractivity contribution in [2.24, 2.45) is 0 Å². The molecule has 0 unspecified atom stereocenters. The molecule has 0 aliphatic rings. The Bertz CT molecular complexity index is 1330. The van der Waals surface area contributed by atoms with Crippen molar-refractivity contribution < 1.29 is 34.8 Å². The first-order valence-corrected chi connectivity index (χ1v) is 10.0. The Morgan fingerprint density at radius 2 is 1.09 bits per heavy atom. The molecule has 0 atom stereocenters. The van der Waals surface area contributed by atoms with Crippen LogP contribution in [-0.2, 0) is 34.8 Å². The van der Waals surface area contributed by atoms with Crippen molar-refractivity contribution in [2.45, 2.75) is 0 Å². The van der Waals surface area contributed by atoms with Crippen molar-refractivity contribution in [3.8, 4) is 22.3 Å². The Balaban J connectivity index is 0.000000769. The molecule has 0 bridgehead atoms. The fourth-order valence-corrected chi connectivity index (χ4v) is 3.67. The van der Waals surface area contributed by atoms with Crippen LogP contribution in [0, 0.1) is 0 Å². The number of halogens is 1. The van der Waals surface area contributed by atoms with E-state index in [4.69, 9.17) is 31.0 Å². The molecule has 34 heavy (non-hydrogen) atoms. The van der Waals surface area contributed by atoms with Crippen LogP contribution in [0.3, 0.4) is 0 Å². The van der Waals surface area contributed by atoms with Crippen LogP contribution in [0.5, 0.6) is 0 Å². The predicted molar refractivity (Wildman–Crippen MR) is 134 cm³/mol. The molecule has 2 aromatic heterocycles. The molecule has 7 heteroatoms. The van der Waals surface area contributed by atoms with Crippen molar-refractivity contribution in [3.63, 3.8) is 0 Å². The van der Waals surface area contributed by atoms with E-state index in [-0.39, 0.29) is 20.4 Å². The SMILES string of the molecule is C=O.C=O.C=O.Clc1nc2c(ccc3cc(-c4ccccc4)cnc32)cc1-c1ccccc1.[Re]. The van der Waals surface area contributed by atoms with Gasteiger partial charge in [-0.05, 0) is 23.3 Å². The van der Waals surface area contributed by atoms with Crippen molar-refractivity contribution in [3.05, 3.63) is 96.3 Å². The summed E-state index contributed by atoms with van der Waals surface area (Å²) in [5, 5.41) is 2.58. The topological polar surface area (TPSA) is 77.0 Å². The van der Waals surface area contributed by atoms with Crippen molar-refractivity contribution >= 4 is 53.8 Å². The van der Waals surface area contributed by atoms with E-state index in [1.807, 2.05) is 75.1 Å². The van der Waals surface area contributed by atoms with Gasteiger partial charge in [0.1, 0.15) is 25.5 Å². The zero-order chi connectivity index (χ0) is 24.2. The van der Waals surface area contributed by atoms with E-state index in [2.05, 4.69) is 41.4 Å². The third kappa shape index (κ3) is 6.27. The van der Waals surface area contributed by atoms with Gasteiger partial charge in [0.25, 0.3) is 0 Å². The third-order valence-electron chi connectivity index (χ3n) is 4.78. The van der Waals surface area contributed by atoms with E-state index in [0.717, 1.165) is 44.1 Å². The quantitative estimate of drug-likeness (QED) is 0.169. The maximum absolute atomic E-state index is 8.00. The van der Waals surface area contributed by atoms with Crippen molar-refractivity contribution in [2.75, 3.05) is 0 Å². The summed E-state index contributed by atoms with van der Waals surface area (Å²) in [4.78, 5) is 33.4. The normalized spacial score (nSPS) is 9.21. The van der Waals surface area contributed by atoms with Gasteiger partial charge >= 0.3 is 0 Å². The van der Waals surface area contributed by atoms with Gasteiger partial charge in [-0.3, -0.25) is 4.98 Å². The number of fused-ring (bicyclic) bond motifs is 3. The fourth-order valence-electron chi connectivity index (χ4n) is 3.42. The monoisotopic (exact) mass is 643 g/mol. The molecule has 0 spiro atoms. The number of carbonyl (C=O) groups excluding carboxylic acids is 3. The van der Waals surface area contributed by atoms with Gasteiger partial charge in [-0.1, -0.05) is 84.4 Å². The number of carbonyl (C=O) groups is 3. The van der Waals surface area contributed by atoms with Crippen molar-refractivity contribution in [1.82, 2.24) is 9.97 Å². The smallest absolute Gasteiger partial charge is 0.137 e. The first-order chi connectivity index (χ1) is 16.3. The molecule has 0 fully saturated rings. The maximum atomic E-state index is 8.00. The Morgan fingerprint density at radius 3 is 1.65 bits per heavy atom. The largest absolute Gasteiger partial charge is 0.307 e. The van der Waals surface area contributed by atoms with Gasteiger partial charge in [0, 0.05) is 48.5 Å². The van der Waals surface area contributed by atoms with Crippen LogP contribution >= 0.6 is 11.6 Å². The number of hydrogen-bond donors (Lipinski definition) is 0. The molecule has 1 radical (unpaired) electrons. The van der Waals surface area contributed by atoms with E-state index >= 15 is 0 Å². The Kier molecular flexibility index (Phi) is 12.2. The van der Waals surface area contributed by atoms with E-state index in [1.54, 1.807) is 0 Å². The van der Waals surface area contributed by atoms with E-state index in [1.165, 1.54) is 0 Å². The minimum absolute atomic E-state index is 0. The molecule has 5 aromatic rings. The Labute approximate surface area is 216 Å².